The van der Waals surface area contributed by atoms with Crippen LogP contribution in [0.5, 0.6) is 0 Å². The zero-order valence-electron chi connectivity index (χ0n) is 13.2. The molecule has 0 saturated heterocycles. The lowest BCUT2D eigenvalue weighted by molar-refractivity contribution is 0.622. The van der Waals surface area contributed by atoms with Crippen LogP contribution in [0.4, 0.5) is 5.13 Å². The van der Waals surface area contributed by atoms with Crippen molar-refractivity contribution >= 4 is 28.1 Å². The third kappa shape index (κ3) is 3.74. The maximum atomic E-state index is 6.25. The number of hydrogen-bond acceptors (Lipinski definition) is 4. The summed E-state index contributed by atoms with van der Waals surface area (Å²) in [6.07, 6.45) is 4.92. The fourth-order valence-corrected chi connectivity index (χ4v) is 3.50. The van der Waals surface area contributed by atoms with Crippen molar-refractivity contribution in [2.24, 2.45) is 0 Å². The minimum absolute atomic E-state index is 0.739. The topological polar surface area (TPSA) is 34.0 Å². The first-order valence-corrected chi connectivity index (χ1v) is 8.80. The molecule has 3 rings (SSSR count). The molecule has 2 heterocycles. The van der Waals surface area contributed by atoms with Crippen LogP contribution in [0, 0.1) is 6.92 Å². The highest BCUT2D eigenvalue weighted by molar-refractivity contribution is 7.14. The molecule has 0 aliphatic carbocycles. The van der Waals surface area contributed by atoms with Crippen molar-refractivity contribution in [3.63, 3.8) is 0 Å². The van der Waals surface area contributed by atoms with Crippen molar-refractivity contribution in [2.45, 2.75) is 19.9 Å². The van der Waals surface area contributed by atoms with E-state index in [-0.39, 0.29) is 0 Å². The van der Waals surface area contributed by atoms with E-state index in [1.165, 1.54) is 0 Å². The lowest BCUT2D eigenvalue weighted by Gasteiger charge is -2.16. The van der Waals surface area contributed by atoms with Crippen molar-refractivity contribution in [1.82, 2.24) is 14.5 Å². The number of thiazole rings is 1. The Kier molecular flexibility index (Phi) is 4.98. The Bertz CT molecular complexity index is 780. The molecule has 0 saturated carbocycles. The molecule has 0 amide bonds. The molecule has 0 radical (unpaired) electrons. The third-order valence-electron chi connectivity index (χ3n) is 3.78. The summed E-state index contributed by atoms with van der Waals surface area (Å²) in [5, 5.41) is 3.82. The number of aromatic nitrogens is 3. The zero-order valence-corrected chi connectivity index (χ0v) is 14.8. The highest BCUT2D eigenvalue weighted by Gasteiger charge is 2.10. The van der Waals surface area contributed by atoms with E-state index in [2.05, 4.69) is 26.9 Å². The van der Waals surface area contributed by atoms with Gasteiger partial charge >= 0.3 is 0 Å². The summed E-state index contributed by atoms with van der Waals surface area (Å²) in [6, 6.07) is 7.82. The molecule has 0 aliphatic rings. The molecule has 0 atom stereocenters. The Morgan fingerprint density at radius 3 is 2.87 bits per heavy atom. The fourth-order valence-electron chi connectivity index (χ4n) is 2.45. The van der Waals surface area contributed by atoms with Crippen LogP contribution in [0.15, 0.2) is 42.0 Å². The predicted octanol–water partition coefficient (Wildman–Crippen LogP) is 4.49. The summed E-state index contributed by atoms with van der Waals surface area (Å²) >= 11 is 7.89. The summed E-state index contributed by atoms with van der Waals surface area (Å²) in [5.74, 6) is 1.06. The van der Waals surface area contributed by atoms with E-state index in [4.69, 9.17) is 16.6 Å². The number of imidazole rings is 1. The van der Waals surface area contributed by atoms with Gasteiger partial charge in [0.1, 0.15) is 5.82 Å². The Labute approximate surface area is 145 Å². The molecule has 0 bridgehead atoms. The summed E-state index contributed by atoms with van der Waals surface area (Å²) in [7, 11) is 2.08. The van der Waals surface area contributed by atoms with Gasteiger partial charge in [0, 0.05) is 48.5 Å². The van der Waals surface area contributed by atoms with Crippen molar-refractivity contribution in [3.05, 3.63) is 52.9 Å². The van der Waals surface area contributed by atoms with Gasteiger partial charge in [0.25, 0.3) is 0 Å². The average molecular weight is 347 g/mol. The van der Waals surface area contributed by atoms with E-state index in [0.717, 1.165) is 46.7 Å². The van der Waals surface area contributed by atoms with Gasteiger partial charge in [-0.1, -0.05) is 29.8 Å². The largest absolute Gasteiger partial charge is 0.351 e. The van der Waals surface area contributed by atoms with E-state index < -0.39 is 0 Å². The molecule has 3 aromatic rings. The standard InChI is InChI=1S/C17H19ClN4S/c1-13-19-8-11-22(13)10-5-9-21(2)17-20-16(12-23-17)14-6-3-4-7-15(14)18/h3-4,6-8,11-12H,5,9-10H2,1-2H3. The van der Waals surface area contributed by atoms with Crippen LogP contribution >= 0.6 is 22.9 Å². The fraction of sp³-hybridized carbons (Fsp3) is 0.294. The lowest BCUT2D eigenvalue weighted by Crippen LogP contribution is -2.19. The first kappa shape index (κ1) is 16.0. The van der Waals surface area contributed by atoms with Crippen molar-refractivity contribution in [1.29, 1.82) is 0 Å². The maximum Gasteiger partial charge on any atom is 0.185 e. The quantitative estimate of drug-likeness (QED) is 0.659. The minimum Gasteiger partial charge on any atom is -0.351 e. The molecule has 4 nitrogen and oxygen atoms in total. The van der Waals surface area contributed by atoms with Gasteiger partial charge in [0.2, 0.25) is 0 Å². The molecule has 1 aromatic carbocycles. The third-order valence-corrected chi connectivity index (χ3v) is 5.07. The highest BCUT2D eigenvalue weighted by atomic mass is 35.5. The van der Waals surface area contributed by atoms with Gasteiger partial charge in [0.15, 0.2) is 5.13 Å². The molecule has 6 heteroatoms. The van der Waals surface area contributed by atoms with Crippen molar-refractivity contribution in [3.8, 4) is 11.3 Å². The second-order valence-electron chi connectivity index (χ2n) is 5.44. The van der Waals surface area contributed by atoms with E-state index in [0.29, 0.717) is 0 Å². The number of anilines is 1. The van der Waals surface area contributed by atoms with Gasteiger partial charge in [-0.05, 0) is 19.4 Å². The van der Waals surface area contributed by atoms with E-state index in [1.807, 2.05) is 43.6 Å². The number of aryl methyl sites for hydroxylation is 2. The van der Waals surface area contributed by atoms with Crippen LogP contribution in [0.3, 0.4) is 0 Å². The maximum absolute atomic E-state index is 6.25. The molecule has 0 spiro atoms. The smallest absolute Gasteiger partial charge is 0.185 e. The first-order valence-electron chi connectivity index (χ1n) is 7.54. The van der Waals surface area contributed by atoms with Crippen molar-refractivity contribution in [2.75, 3.05) is 18.5 Å². The van der Waals surface area contributed by atoms with Crippen LogP contribution in [-0.4, -0.2) is 28.1 Å². The molecule has 120 valence electrons. The lowest BCUT2D eigenvalue weighted by atomic mass is 10.2. The van der Waals surface area contributed by atoms with Gasteiger partial charge in [-0.2, -0.15) is 0 Å². The van der Waals surface area contributed by atoms with Crippen LogP contribution in [0.1, 0.15) is 12.2 Å². The summed E-state index contributed by atoms with van der Waals surface area (Å²) in [6.45, 7) is 3.95. The number of halogens is 1. The average Bonchev–Trinajstić information content (AvgIpc) is 3.17. The highest BCUT2D eigenvalue weighted by Crippen LogP contribution is 2.31. The van der Waals surface area contributed by atoms with Crippen molar-refractivity contribution < 1.29 is 0 Å². The molecule has 2 aromatic heterocycles. The summed E-state index contributed by atoms with van der Waals surface area (Å²) in [4.78, 5) is 11.2. The second-order valence-corrected chi connectivity index (χ2v) is 6.68. The monoisotopic (exact) mass is 346 g/mol. The van der Waals surface area contributed by atoms with Gasteiger partial charge in [0.05, 0.1) is 5.69 Å². The molecule has 0 aliphatic heterocycles. The van der Waals surface area contributed by atoms with E-state index >= 15 is 0 Å². The van der Waals surface area contributed by atoms with Crippen LogP contribution < -0.4 is 4.90 Å². The molecule has 0 unspecified atom stereocenters. The molecule has 23 heavy (non-hydrogen) atoms. The predicted molar refractivity (Wildman–Crippen MR) is 97.4 cm³/mol. The van der Waals surface area contributed by atoms with Gasteiger partial charge < -0.3 is 9.47 Å². The van der Waals surface area contributed by atoms with Crippen LogP contribution in [0.2, 0.25) is 5.02 Å². The summed E-state index contributed by atoms with van der Waals surface area (Å²) in [5.41, 5.74) is 1.92. The SMILES string of the molecule is Cc1nccn1CCCN(C)c1nc(-c2ccccc2Cl)cs1. The molecule has 0 fully saturated rings. The van der Waals surface area contributed by atoms with Gasteiger partial charge in [-0.3, -0.25) is 0 Å². The number of nitrogens with zero attached hydrogens (tertiary/aromatic N) is 4. The van der Waals surface area contributed by atoms with E-state index in [1.54, 1.807) is 11.3 Å². The minimum atomic E-state index is 0.739. The Balaban J connectivity index is 1.61. The first-order chi connectivity index (χ1) is 11.1. The Morgan fingerprint density at radius 2 is 2.13 bits per heavy atom. The molecular formula is C17H19ClN4S. The van der Waals surface area contributed by atoms with Crippen LogP contribution in [-0.2, 0) is 6.54 Å². The number of benzene rings is 1. The normalized spacial score (nSPS) is 10.9. The van der Waals surface area contributed by atoms with Gasteiger partial charge in [-0.15, -0.1) is 11.3 Å². The Hall–Kier alpha value is -1.85. The Morgan fingerprint density at radius 1 is 1.30 bits per heavy atom. The van der Waals surface area contributed by atoms with E-state index in [9.17, 15) is 0 Å². The van der Waals surface area contributed by atoms with Gasteiger partial charge in [-0.25, -0.2) is 9.97 Å². The second kappa shape index (κ2) is 7.15. The number of rotatable bonds is 6. The molecular weight excluding hydrogens is 328 g/mol. The number of hydrogen-bond donors (Lipinski definition) is 0. The zero-order chi connectivity index (χ0) is 16.2. The molecule has 0 N–H and O–H groups in total. The summed E-state index contributed by atoms with van der Waals surface area (Å²) < 4.78 is 2.17. The van der Waals surface area contributed by atoms with Crippen LogP contribution in [0.25, 0.3) is 11.3 Å².